The summed E-state index contributed by atoms with van der Waals surface area (Å²) < 4.78 is 6.85. The normalized spacial score (nSPS) is 10.8. The molecule has 4 rings (SSSR count). The Morgan fingerprint density at radius 3 is 2.92 bits per heavy atom. The van der Waals surface area contributed by atoms with Gasteiger partial charge >= 0.3 is 0 Å². The first-order chi connectivity index (χ1) is 12.2. The van der Waals surface area contributed by atoms with Gasteiger partial charge in [-0.05, 0) is 24.3 Å². The number of nitrogens with one attached hydrogen (secondary N) is 1. The van der Waals surface area contributed by atoms with Crippen molar-refractivity contribution in [3.05, 3.63) is 71.0 Å². The number of anilines is 1. The molecule has 0 spiro atoms. The summed E-state index contributed by atoms with van der Waals surface area (Å²) in [6.07, 6.45) is 4.69. The fourth-order valence-corrected chi connectivity index (χ4v) is 3.16. The monoisotopic (exact) mass is 370 g/mol. The van der Waals surface area contributed by atoms with E-state index in [1.165, 1.54) is 17.5 Å². The van der Waals surface area contributed by atoms with Crippen LogP contribution in [0.2, 0.25) is 5.02 Å². The second-order valence-electron chi connectivity index (χ2n) is 5.09. The third-order valence-corrected chi connectivity index (χ3v) is 4.52. The van der Waals surface area contributed by atoms with Crippen LogP contribution in [-0.2, 0) is 0 Å². The molecule has 0 saturated carbocycles. The molecule has 25 heavy (non-hydrogen) atoms. The Hall–Kier alpha value is -2.90. The van der Waals surface area contributed by atoms with Gasteiger partial charge < -0.3 is 4.42 Å². The van der Waals surface area contributed by atoms with Gasteiger partial charge in [0.1, 0.15) is 5.69 Å². The number of carbonyl (C=O) groups is 1. The van der Waals surface area contributed by atoms with E-state index in [2.05, 4.69) is 15.4 Å². The SMILES string of the molecule is O=C(Nc1nc(-c2ccco2)cs1)c1cnn(-c2ccccc2Cl)c1. The number of benzene rings is 1. The molecule has 6 nitrogen and oxygen atoms in total. The zero-order valence-corrected chi connectivity index (χ0v) is 14.3. The van der Waals surface area contributed by atoms with E-state index in [4.69, 9.17) is 16.0 Å². The van der Waals surface area contributed by atoms with Gasteiger partial charge in [0.15, 0.2) is 10.9 Å². The summed E-state index contributed by atoms with van der Waals surface area (Å²) in [6, 6.07) is 10.9. The lowest BCUT2D eigenvalue weighted by atomic mass is 10.3. The summed E-state index contributed by atoms with van der Waals surface area (Å²) in [7, 11) is 0. The average Bonchev–Trinajstić information content (AvgIpc) is 3.36. The number of para-hydroxylation sites is 1. The summed E-state index contributed by atoms with van der Waals surface area (Å²) in [5.74, 6) is 0.363. The minimum Gasteiger partial charge on any atom is -0.463 e. The predicted octanol–water partition coefficient (Wildman–Crippen LogP) is 4.49. The van der Waals surface area contributed by atoms with Gasteiger partial charge in [-0.3, -0.25) is 10.1 Å². The van der Waals surface area contributed by atoms with Crippen LogP contribution in [0.1, 0.15) is 10.4 Å². The molecule has 4 aromatic rings. The molecule has 0 bridgehead atoms. The van der Waals surface area contributed by atoms with E-state index in [1.807, 2.05) is 29.6 Å². The van der Waals surface area contributed by atoms with E-state index < -0.39 is 0 Å². The highest BCUT2D eigenvalue weighted by Gasteiger charge is 2.14. The minimum absolute atomic E-state index is 0.293. The van der Waals surface area contributed by atoms with Gasteiger partial charge in [-0.25, -0.2) is 9.67 Å². The molecule has 0 saturated heterocycles. The van der Waals surface area contributed by atoms with Crippen LogP contribution in [0.15, 0.2) is 64.9 Å². The Kier molecular flexibility index (Phi) is 4.09. The quantitative estimate of drug-likeness (QED) is 0.574. The molecule has 0 aliphatic rings. The Bertz CT molecular complexity index is 1020. The third-order valence-electron chi connectivity index (χ3n) is 3.44. The summed E-state index contributed by atoms with van der Waals surface area (Å²) in [5.41, 5.74) is 1.80. The lowest BCUT2D eigenvalue weighted by Gasteiger charge is -2.02. The van der Waals surface area contributed by atoms with Crippen LogP contribution in [-0.4, -0.2) is 20.7 Å². The van der Waals surface area contributed by atoms with Crippen molar-refractivity contribution in [1.82, 2.24) is 14.8 Å². The fraction of sp³-hybridized carbons (Fsp3) is 0. The lowest BCUT2D eigenvalue weighted by Crippen LogP contribution is -2.10. The Morgan fingerprint density at radius 2 is 2.12 bits per heavy atom. The number of nitrogens with zero attached hydrogens (tertiary/aromatic N) is 3. The van der Waals surface area contributed by atoms with E-state index >= 15 is 0 Å². The molecule has 1 aromatic carbocycles. The van der Waals surface area contributed by atoms with Crippen LogP contribution >= 0.6 is 22.9 Å². The van der Waals surface area contributed by atoms with E-state index in [1.54, 1.807) is 29.3 Å². The van der Waals surface area contributed by atoms with Gasteiger partial charge in [0.2, 0.25) is 0 Å². The maximum absolute atomic E-state index is 12.4. The van der Waals surface area contributed by atoms with Crippen molar-refractivity contribution in [1.29, 1.82) is 0 Å². The number of halogens is 1. The van der Waals surface area contributed by atoms with Crippen molar-refractivity contribution in [3.8, 4) is 17.1 Å². The average molecular weight is 371 g/mol. The molecule has 0 unspecified atom stereocenters. The molecule has 0 aliphatic heterocycles. The van der Waals surface area contributed by atoms with Gasteiger partial charge in [-0.1, -0.05) is 23.7 Å². The number of hydrogen-bond donors (Lipinski definition) is 1. The fourth-order valence-electron chi connectivity index (χ4n) is 2.25. The molecule has 0 atom stereocenters. The van der Waals surface area contributed by atoms with Gasteiger partial charge in [0, 0.05) is 11.6 Å². The molecular weight excluding hydrogens is 360 g/mol. The van der Waals surface area contributed by atoms with E-state index in [-0.39, 0.29) is 5.91 Å². The van der Waals surface area contributed by atoms with E-state index in [0.717, 1.165) is 0 Å². The largest absolute Gasteiger partial charge is 0.463 e. The molecule has 0 aliphatic carbocycles. The first-order valence-corrected chi connectivity index (χ1v) is 8.57. The van der Waals surface area contributed by atoms with Crippen molar-refractivity contribution in [3.63, 3.8) is 0 Å². The second kappa shape index (κ2) is 6.54. The predicted molar refractivity (Wildman–Crippen MR) is 96.3 cm³/mol. The number of thiazole rings is 1. The van der Waals surface area contributed by atoms with Gasteiger partial charge in [0.25, 0.3) is 5.91 Å². The molecular formula is C17H11ClN4O2S. The van der Waals surface area contributed by atoms with Crippen molar-refractivity contribution in [2.75, 3.05) is 5.32 Å². The number of aromatic nitrogens is 3. The van der Waals surface area contributed by atoms with Crippen molar-refractivity contribution in [2.24, 2.45) is 0 Å². The van der Waals surface area contributed by atoms with Gasteiger partial charge in [-0.15, -0.1) is 11.3 Å². The number of hydrogen-bond acceptors (Lipinski definition) is 5. The first kappa shape index (κ1) is 15.6. The Morgan fingerprint density at radius 1 is 1.24 bits per heavy atom. The highest BCUT2D eigenvalue weighted by molar-refractivity contribution is 7.14. The summed E-state index contributed by atoms with van der Waals surface area (Å²) in [5, 5.41) is 9.82. The van der Waals surface area contributed by atoms with Crippen LogP contribution in [0, 0.1) is 0 Å². The minimum atomic E-state index is -0.293. The zero-order valence-electron chi connectivity index (χ0n) is 12.7. The first-order valence-electron chi connectivity index (χ1n) is 7.31. The van der Waals surface area contributed by atoms with Crippen LogP contribution in [0.5, 0.6) is 0 Å². The molecule has 124 valence electrons. The molecule has 0 fully saturated rings. The van der Waals surface area contributed by atoms with Crippen LogP contribution in [0.4, 0.5) is 5.13 Å². The molecule has 1 amide bonds. The zero-order chi connectivity index (χ0) is 17.2. The number of rotatable bonds is 4. The van der Waals surface area contributed by atoms with E-state index in [0.29, 0.717) is 32.9 Å². The highest BCUT2D eigenvalue weighted by Crippen LogP contribution is 2.25. The van der Waals surface area contributed by atoms with Gasteiger partial charge in [0.05, 0.1) is 28.7 Å². The van der Waals surface area contributed by atoms with Crippen molar-refractivity contribution >= 4 is 34.0 Å². The molecule has 0 radical (unpaired) electrons. The second-order valence-corrected chi connectivity index (χ2v) is 6.36. The Labute approximate surface area is 151 Å². The van der Waals surface area contributed by atoms with Crippen LogP contribution in [0.3, 0.4) is 0 Å². The molecule has 8 heteroatoms. The number of furan rings is 1. The summed E-state index contributed by atoms with van der Waals surface area (Å²) in [4.78, 5) is 16.7. The standard InChI is InChI=1S/C17H11ClN4O2S/c18-12-4-1-2-5-14(12)22-9-11(8-19-22)16(23)21-17-20-13(10-25-17)15-6-3-7-24-15/h1-10H,(H,20,21,23). The summed E-state index contributed by atoms with van der Waals surface area (Å²) in [6.45, 7) is 0. The van der Waals surface area contributed by atoms with Crippen molar-refractivity contribution in [2.45, 2.75) is 0 Å². The molecule has 1 N–H and O–H groups in total. The van der Waals surface area contributed by atoms with Crippen LogP contribution in [0.25, 0.3) is 17.1 Å². The topological polar surface area (TPSA) is 73.0 Å². The number of carbonyl (C=O) groups excluding carboxylic acids is 1. The van der Waals surface area contributed by atoms with E-state index in [9.17, 15) is 4.79 Å². The van der Waals surface area contributed by atoms with Crippen LogP contribution < -0.4 is 5.32 Å². The maximum atomic E-state index is 12.4. The Balaban J connectivity index is 1.52. The van der Waals surface area contributed by atoms with Gasteiger partial charge in [-0.2, -0.15) is 5.10 Å². The molecule has 3 aromatic heterocycles. The lowest BCUT2D eigenvalue weighted by molar-refractivity contribution is 0.102. The van der Waals surface area contributed by atoms with Crippen molar-refractivity contribution < 1.29 is 9.21 Å². The maximum Gasteiger partial charge on any atom is 0.260 e. The number of amides is 1. The summed E-state index contributed by atoms with van der Waals surface area (Å²) >= 11 is 7.48. The third kappa shape index (κ3) is 3.19. The molecule has 3 heterocycles. The highest BCUT2D eigenvalue weighted by atomic mass is 35.5. The smallest absolute Gasteiger partial charge is 0.260 e.